The van der Waals surface area contributed by atoms with Crippen molar-refractivity contribution in [2.45, 2.75) is 52.6 Å². The molecule has 0 aliphatic rings. The van der Waals surface area contributed by atoms with Gasteiger partial charge in [-0.15, -0.1) is 5.10 Å². The summed E-state index contributed by atoms with van der Waals surface area (Å²) in [5, 5.41) is 13.5. The number of amides is 2. The van der Waals surface area contributed by atoms with Crippen LogP contribution in [0.15, 0.2) is 48.7 Å². The largest absolute Gasteiger partial charge is 0.442 e. The van der Waals surface area contributed by atoms with Crippen LogP contribution in [-0.4, -0.2) is 37.5 Å². The number of urea groups is 1. The van der Waals surface area contributed by atoms with E-state index in [9.17, 15) is 35.9 Å². The molecule has 0 fully saturated rings. The molecule has 250 valence electrons. The van der Waals surface area contributed by atoms with Gasteiger partial charge < -0.3 is 26.0 Å². The van der Waals surface area contributed by atoms with Gasteiger partial charge in [0.1, 0.15) is 17.0 Å². The lowest BCUT2D eigenvalue weighted by atomic mass is 10.2. The molecular formula is C29H27ClF6N8O3. The Hall–Kier alpha value is -5.06. The Bertz CT molecular complexity index is 1820. The van der Waals surface area contributed by atoms with Gasteiger partial charge in [0.05, 0.1) is 10.6 Å². The minimum atomic E-state index is -4.86. The van der Waals surface area contributed by atoms with Crippen molar-refractivity contribution >= 4 is 58.4 Å². The number of rotatable bonds is 6. The van der Waals surface area contributed by atoms with Crippen molar-refractivity contribution in [1.29, 1.82) is 0 Å². The Morgan fingerprint density at radius 3 is 2.09 bits per heavy atom. The van der Waals surface area contributed by atoms with E-state index in [0.29, 0.717) is 17.8 Å². The number of anilines is 6. The second-order valence-electron chi connectivity index (χ2n) is 11.1. The van der Waals surface area contributed by atoms with Gasteiger partial charge in [-0.2, -0.15) is 36.0 Å². The number of nitrogens with zero attached hydrogens (tertiary/aromatic N) is 4. The number of carbonyl (C=O) groups is 2. The fraction of sp³-hybridized carbons (Fsp3) is 0.276. The molecule has 2 aromatic heterocycles. The van der Waals surface area contributed by atoms with Crippen LogP contribution in [0.1, 0.15) is 43.2 Å². The summed E-state index contributed by atoms with van der Waals surface area (Å²) in [6.45, 7) is 8.11. The van der Waals surface area contributed by atoms with Gasteiger partial charge in [-0.3, -0.25) is 0 Å². The van der Waals surface area contributed by atoms with E-state index in [1.807, 2.05) is 0 Å². The van der Waals surface area contributed by atoms with E-state index < -0.39 is 52.0 Å². The van der Waals surface area contributed by atoms with Crippen LogP contribution in [0.3, 0.4) is 0 Å². The molecule has 2 heterocycles. The summed E-state index contributed by atoms with van der Waals surface area (Å²) in [4.78, 5) is 32.8. The van der Waals surface area contributed by atoms with Crippen LogP contribution < -0.4 is 21.3 Å². The number of ether oxygens (including phenoxy) is 1. The third kappa shape index (κ3) is 9.02. The number of alkyl halides is 6. The van der Waals surface area contributed by atoms with Crippen molar-refractivity contribution < 1.29 is 40.7 Å². The van der Waals surface area contributed by atoms with E-state index in [-0.39, 0.29) is 34.5 Å². The van der Waals surface area contributed by atoms with Gasteiger partial charge in [-0.25, -0.2) is 14.6 Å². The summed E-state index contributed by atoms with van der Waals surface area (Å²) < 4.78 is 87.2. The monoisotopic (exact) mass is 684 g/mol. The highest BCUT2D eigenvalue weighted by atomic mass is 35.5. The van der Waals surface area contributed by atoms with E-state index in [1.54, 1.807) is 33.8 Å². The van der Waals surface area contributed by atoms with Crippen molar-refractivity contribution in [3.05, 3.63) is 76.1 Å². The zero-order valence-electron chi connectivity index (χ0n) is 25.3. The van der Waals surface area contributed by atoms with Gasteiger partial charge in [-0.05, 0) is 70.5 Å². The Kier molecular flexibility index (Phi) is 9.61. The summed E-state index contributed by atoms with van der Waals surface area (Å²) in [6.07, 6.45) is -9.87. The fourth-order valence-electron chi connectivity index (χ4n) is 3.96. The molecule has 0 aliphatic carbocycles. The van der Waals surface area contributed by atoms with E-state index in [4.69, 9.17) is 16.3 Å². The quantitative estimate of drug-likeness (QED) is 0.148. The first-order chi connectivity index (χ1) is 21.7. The minimum Gasteiger partial charge on any atom is -0.442 e. The predicted molar refractivity (Wildman–Crippen MR) is 162 cm³/mol. The Morgan fingerprint density at radius 1 is 0.851 bits per heavy atom. The molecule has 11 nitrogen and oxygen atoms in total. The first-order valence-corrected chi connectivity index (χ1v) is 13.9. The van der Waals surface area contributed by atoms with Crippen LogP contribution in [0.2, 0.25) is 5.02 Å². The maximum absolute atomic E-state index is 13.9. The number of benzene rings is 2. The number of aromatic nitrogens is 4. The van der Waals surface area contributed by atoms with Crippen LogP contribution in [0.25, 0.3) is 0 Å². The summed E-state index contributed by atoms with van der Waals surface area (Å²) in [5.41, 5.74) is -2.04. The topological polar surface area (TPSA) is 135 Å². The molecule has 18 heteroatoms. The van der Waals surface area contributed by atoms with E-state index in [1.165, 1.54) is 31.2 Å². The van der Waals surface area contributed by atoms with Gasteiger partial charge in [0, 0.05) is 35.0 Å². The van der Waals surface area contributed by atoms with Crippen molar-refractivity contribution in [2.24, 2.45) is 0 Å². The number of nitrogens with one attached hydrogen (secondary N) is 4. The molecule has 0 aliphatic heterocycles. The number of halogens is 7. The summed E-state index contributed by atoms with van der Waals surface area (Å²) >= 11 is 5.62. The highest BCUT2D eigenvalue weighted by Gasteiger charge is 2.36. The molecule has 0 saturated heterocycles. The molecule has 2 aromatic carbocycles. The second kappa shape index (κ2) is 13.0. The maximum atomic E-state index is 13.9. The Labute approximate surface area is 268 Å². The molecule has 0 saturated carbocycles. The van der Waals surface area contributed by atoms with E-state index in [0.717, 1.165) is 10.7 Å². The third-order valence-electron chi connectivity index (χ3n) is 6.07. The van der Waals surface area contributed by atoms with E-state index >= 15 is 0 Å². The molecule has 0 bridgehead atoms. The molecule has 0 radical (unpaired) electrons. The van der Waals surface area contributed by atoms with Crippen LogP contribution in [0, 0.1) is 13.8 Å². The van der Waals surface area contributed by atoms with Gasteiger partial charge in [0.25, 0.3) is 0 Å². The SMILES string of the molecule is Cc1ccc(NC(=O)Nc2ccc(Cl)c(C(F)(F)F)c2)cc1Nc1ncc(C(F)(F)F)c(Nc2cc(C)n(C(=O)OC(C)(C)C)n2)n1. The number of hydrogen-bond donors (Lipinski definition) is 4. The standard InChI is InChI=1S/C29H27ClF6N8O3/c1-14-6-7-17(39-25(45)38-16-8-9-20(30)18(11-16)28(31,32)33)12-21(14)40-24-37-13-19(29(34,35)36)23(42-24)41-22-10-15(2)44(43-22)26(46)47-27(3,4)5/h6-13H,1-5H3,(H2,38,39,45)(H2,37,40,41,42,43). The molecule has 47 heavy (non-hydrogen) atoms. The summed E-state index contributed by atoms with van der Waals surface area (Å²) in [6, 6.07) is 7.79. The average molecular weight is 685 g/mol. The highest BCUT2D eigenvalue weighted by molar-refractivity contribution is 6.31. The van der Waals surface area contributed by atoms with Crippen molar-refractivity contribution in [3.8, 4) is 0 Å². The molecule has 0 atom stereocenters. The van der Waals surface area contributed by atoms with Crippen LogP contribution >= 0.6 is 11.6 Å². The lowest BCUT2D eigenvalue weighted by molar-refractivity contribution is -0.138. The number of hydrogen-bond acceptors (Lipinski definition) is 8. The lowest BCUT2D eigenvalue weighted by Gasteiger charge is -2.19. The molecule has 4 rings (SSSR count). The van der Waals surface area contributed by atoms with Crippen LogP contribution in [0.4, 0.5) is 70.6 Å². The van der Waals surface area contributed by atoms with Crippen molar-refractivity contribution in [3.63, 3.8) is 0 Å². The summed E-state index contributed by atoms with van der Waals surface area (Å²) in [5.74, 6) is -1.06. The molecule has 0 spiro atoms. The van der Waals surface area contributed by atoms with E-state index in [2.05, 4.69) is 36.3 Å². The van der Waals surface area contributed by atoms with Crippen LogP contribution in [-0.2, 0) is 17.1 Å². The van der Waals surface area contributed by atoms with Crippen LogP contribution in [0.5, 0.6) is 0 Å². The smallest absolute Gasteiger partial charge is 0.435 e. The first kappa shape index (κ1) is 34.8. The Balaban J connectivity index is 1.55. The normalized spacial score (nSPS) is 12.0. The average Bonchev–Trinajstić information content (AvgIpc) is 3.29. The molecule has 4 N–H and O–H groups in total. The van der Waals surface area contributed by atoms with Gasteiger partial charge in [0.15, 0.2) is 5.82 Å². The zero-order valence-corrected chi connectivity index (χ0v) is 26.0. The second-order valence-corrected chi connectivity index (χ2v) is 11.5. The lowest BCUT2D eigenvalue weighted by Crippen LogP contribution is -2.28. The summed E-state index contributed by atoms with van der Waals surface area (Å²) in [7, 11) is 0. The van der Waals surface area contributed by atoms with Gasteiger partial charge in [0.2, 0.25) is 5.95 Å². The zero-order chi connectivity index (χ0) is 34.9. The Morgan fingerprint density at radius 2 is 1.47 bits per heavy atom. The minimum absolute atomic E-state index is 0.125. The molecule has 2 amide bonds. The van der Waals surface area contributed by atoms with Crippen molar-refractivity contribution in [1.82, 2.24) is 19.7 Å². The van der Waals surface area contributed by atoms with Gasteiger partial charge in [-0.1, -0.05) is 17.7 Å². The predicted octanol–water partition coefficient (Wildman–Crippen LogP) is 8.90. The fourth-order valence-corrected chi connectivity index (χ4v) is 4.18. The number of aryl methyl sites for hydroxylation is 2. The molecular weight excluding hydrogens is 658 g/mol. The maximum Gasteiger partial charge on any atom is 0.435 e. The molecule has 0 unspecified atom stereocenters. The highest BCUT2D eigenvalue weighted by Crippen LogP contribution is 2.37. The number of carbonyl (C=O) groups excluding carboxylic acids is 2. The molecule has 4 aromatic rings. The first-order valence-electron chi connectivity index (χ1n) is 13.5. The van der Waals surface area contributed by atoms with Gasteiger partial charge >= 0.3 is 24.5 Å². The third-order valence-corrected chi connectivity index (χ3v) is 6.40. The van der Waals surface area contributed by atoms with Crippen molar-refractivity contribution in [2.75, 3.05) is 21.3 Å².